The third kappa shape index (κ3) is 4.64. The van der Waals surface area contributed by atoms with E-state index in [4.69, 9.17) is 5.11 Å². The number of rotatable bonds is 8. The highest BCUT2D eigenvalue weighted by Gasteiger charge is 2.13. The summed E-state index contributed by atoms with van der Waals surface area (Å²) in [6.45, 7) is 0. The molecule has 0 aliphatic heterocycles. The van der Waals surface area contributed by atoms with Crippen molar-refractivity contribution < 1.29 is 14.8 Å². The van der Waals surface area contributed by atoms with Crippen LogP contribution < -0.4 is 0 Å². The predicted octanol–water partition coefficient (Wildman–Crippen LogP) is 5.34. The van der Waals surface area contributed by atoms with E-state index < -0.39 is 10.9 Å². The van der Waals surface area contributed by atoms with Gasteiger partial charge in [-0.2, -0.15) is 0 Å². The van der Waals surface area contributed by atoms with E-state index in [0.29, 0.717) is 6.42 Å². The normalized spacial score (nSPS) is 11.0. The number of carbonyl (C=O) groups is 1. The molecule has 1 aromatic heterocycles. The molecule has 6 nitrogen and oxygen atoms in total. The summed E-state index contributed by atoms with van der Waals surface area (Å²) >= 11 is 0. The molecule has 0 atom stereocenters. The van der Waals surface area contributed by atoms with Gasteiger partial charge < -0.3 is 9.67 Å². The van der Waals surface area contributed by atoms with Gasteiger partial charge in [-0.1, -0.05) is 36.4 Å². The molecule has 1 heterocycles. The lowest BCUT2D eigenvalue weighted by molar-refractivity contribution is -0.384. The number of hydrogen-bond donors (Lipinski definition) is 1. The van der Waals surface area contributed by atoms with Crippen molar-refractivity contribution in [1.29, 1.82) is 0 Å². The Hall–Kier alpha value is -3.93. The van der Waals surface area contributed by atoms with Gasteiger partial charge in [-0.25, -0.2) is 0 Å². The lowest BCUT2D eigenvalue weighted by Crippen LogP contribution is -1.97. The Bertz CT molecular complexity index is 1230. The molecule has 31 heavy (non-hydrogen) atoms. The van der Waals surface area contributed by atoms with Gasteiger partial charge in [-0.15, -0.1) is 0 Å². The maximum Gasteiger partial charge on any atom is 0.303 e. The Morgan fingerprint density at radius 1 is 0.903 bits per heavy atom. The fraction of sp³-hybridized carbons (Fsp3) is 0.160. The summed E-state index contributed by atoms with van der Waals surface area (Å²) in [6, 6.07) is 22.8. The van der Waals surface area contributed by atoms with Gasteiger partial charge in [-0.3, -0.25) is 14.9 Å². The van der Waals surface area contributed by atoms with Crippen molar-refractivity contribution in [2.24, 2.45) is 0 Å². The third-order valence-corrected chi connectivity index (χ3v) is 5.44. The number of nitro benzene ring substituents is 1. The average Bonchev–Trinajstić information content (AvgIpc) is 3.15. The first-order valence-electron chi connectivity index (χ1n) is 10.1. The second-order valence-corrected chi connectivity index (χ2v) is 7.53. The number of aromatic nitrogens is 1. The SMILES string of the molecule is O=C(O)CCc1ccc2c(c1)c(CCc1ccccc1)cn2-c1ccc([N+](=O)[O-])cc1. The minimum atomic E-state index is -0.812. The second kappa shape index (κ2) is 8.83. The molecule has 4 rings (SSSR count). The second-order valence-electron chi connectivity index (χ2n) is 7.53. The summed E-state index contributed by atoms with van der Waals surface area (Å²) < 4.78 is 2.04. The number of non-ortho nitro benzene ring substituents is 1. The fourth-order valence-corrected chi connectivity index (χ4v) is 3.82. The van der Waals surface area contributed by atoms with Gasteiger partial charge >= 0.3 is 5.97 Å². The molecule has 3 aromatic carbocycles. The highest BCUT2D eigenvalue weighted by Crippen LogP contribution is 2.28. The van der Waals surface area contributed by atoms with Crippen molar-refractivity contribution in [3.05, 3.63) is 106 Å². The first-order chi connectivity index (χ1) is 15.0. The molecule has 0 unspecified atom stereocenters. The van der Waals surface area contributed by atoms with Crippen LogP contribution in [0.1, 0.15) is 23.1 Å². The topological polar surface area (TPSA) is 85.4 Å². The molecule has 0 saturated heterocycles. The van der Waals surface area contributed by atoms with Crippen LogP contribution in [0.2, 0.25) is 0 Å². The maximum absolute atomic E-state index is 11.0. The summed E-state index contributed by atoms with van der Waals surface area (Å²) in [5.74, 6) is -0.812. The molecule has 156 valence electrons. The summed E-state index contributed by atoms with van der Waals surface area (Å²) in [7, 11) is 0. The number of fused-ring (bicyclic) bond motifs is 1. The van der Waals surface area contributed by atoms with Crippen LogP contribution in [0.3, 0.4) is 0 Å². The van der Waals surface area contributed by atoms with Crippen LogP contribution >= 0.6 is 0 Å². The molecule has 0 aliphatic rings. The van der Waals surface area contributed by atoms with Crippen LogP contribution in [0, 0.1) is 10.1 Å². The zero-order valence-electron chi connectivity index (χ0n) is 16.9. The lowest BCUT2D eigenvalue weighted by atomic mass is 10.0. The average molecular weight is 414 g/mol. The summed E-state index contributed by atoms with van der Waals surface area (Å²) in [4.78, 5) is 21.6. The number of carboxylic acid groups (broad SMARTS) is 1. The van der Waals surface area contributed by atoms with Gasteiger partial charge in [0.15, 0.2) is 0 Å². The Labute approximate surface area is 179 Å². The van der Waals surface area contributed by atoms with E-state index in [1.807, 2.05) is 34.9 Å². The number of nitrogens with zero attached hydrogens (tertiary/aromatic N) is 2. The molecule has 1 N–H and O–H groups in total. The van der Waals surface area contributed by atoms with Gasteiger partial charge in [0.1, 0.15) is 0 Å². The third-order valence-electron chi connectivity index (χ3n) is 5.44. The van der Waals surface area contributed by atoms with E-state index in [1.165, 1.54) is 17.7 Å². The Morgan fingerprint density at radius 3 is 2.32 bits per heavy atom. The number of hydrogen-bond acceptors (Lipinski definition) is 3. The van der Waals surface area contributed by atoms with Crippen LogP contribution in [0.5, 0.6) is 0 Å². The molecule has 0 fully saturated rings. The molecule has 6 heteroatoms. The van der Waals surface area contributed by atoms with Crippen LogP contribution in [0.25, 0.3) is 16.6 Å². The summed E-state index contributed by atoms with van der Waals surface area (Å²) in [5, 5.41) is 21.1. The summed E-state index contributed by atoms with van der Waals surface area (Å²) in [6.07, 6.45) is 4.37. The molecule has 0 spiro atoms. The Morgan fingerprint density at radius 2 is 1.65 bits per heavy atom. The number of aryl methyl sites for hydroxylation is 3. The van der Waals surface area contributed by atoms with E-state index in [2.05, 4.69) is 24.4 Å². The van der Waals surface area contributed by atoms with Crippen molar-refractivity contribution in [2.45, 2.75) is 25.7 Å². The van der Waals surface area contributed by atoms with E-state index in [-0.39, 0.29) is 12.1 Å². The van der Waals surface area contributed by atoms with Crippen LogP contribution in [-0.2, 0) is 24.1 Å². The van der Waals surface area contributed by atoms with Crippen molar-refractivity contribution in [1.82, 2.24) is 4.57 Å². The van der Waals surface area contributed by atoms with E-state index in [1.54, 1.807) is 12.1 Å². The maximum atomic E-state index is 11.0. The molecule has 0 aliphatic carbocycles. The fourth-order valence-electron chi connectivity index (χ4n) is 3.82. The lowest BCUT2D eigenvalue weighted by Gasteiger charge is -2.06. The standard InChI is InChI=1S/C25H22N2O4/c28-25(29)15-8-19-7-14-24-23(16-19)20(9-6-18-4-2-1-3-5-18)17-26(24)21-10-12-22(13-11-21)27(30)31/h1-5,7,10-14,16-17H,6,8-9,15H2,(H,28,29). The first-order valence-corrected chi connectivity index (χ1v) is 10.1. The Balaban J connectivity index is 1.73. The number of nitro groups is 1. The van der Waals surface area contributed by atoms with Crippen LogP contribution in [0.15, 0.2) is 79.0 Å². The van der Waals surface area contributed by atoms with E-state index in [9.17, 15) is 14.9 Å². The molecule has 4 aromatic rings. The molecular formula is C25H22N2O4. The van der Waals surface area contributed by atoms with Gasteiger partial charge in [0.25, 0.3) is 5.69 Å². The van der Waals surface area contributed by atoms with Gasteiger partial charge in [0.2, 0.25) is 0 Å². The number of carboxylic acids is 1. The monoisotopic (exact) mass is 414 g/mol. The summed E-state index contributed by atoms with van der Waals surface area (Å²) in [5.41, 5.74) is 5.30. The van der Waals surface area contributed by atoms with Crippen molar-refractivity contribution in [3.63, 3.8) is 0 Å². The molecular weight excluding hydrogens is 392 g/mol. The minimum absolute atomic E-state index is 0.0560. The van der Waals surface area contributed by atoms with Crippen molar-refractivity contribution >= 4 is 22.6 Å². The predicted molar refractivity (Wildman–Crippen MR) is 120 cm³/mol. The van der Waals surface area contributed by atoms with Gasteiger partial charge in [0.05, 0.1) is 10.4 Å². The Kier molecular flexibility index (Phi) is 5.80. The largest absolute Gasteiger partial charge is 0.481 e. The van der Waals surface area contributed by atoms with Gasteiger partial charge in [-0.05, 0) is 60.2 Å². The molecule has 0 bridgehead atoms. The van der Waals surface area contributed by atoms with E-state index in [0.717, 1.165) is 40.6 Å². The number of aliphatic carboxylic acids is 1. The first kappa shape index (κ1) is 20.3. The highest BCUT2D eigenvalue weighted by molar-refractivity contribution is 5.86. The zero-order chi connectivity index (χ0) is 21.8. The molecule has 0 amide bonds. The van der Waals surface area contributed by atoms with Gasteiger partial charge in [0, 0.05) is 35.8 Å². The van der Waals surface area contributed by atoms with E-state index >= 15 is 0 Å². The quantitative estimate of drug-likeness (QED) is 0.311. The van der Waals surface area contributed by atoms with Crippen LogP contribution in [-0.4, -0.2) is 20.6 Å². The van der Waals surface area contributed by atoms with Crippen LogP contribution in [0.4, 0.5) is 5.69 Å². The van der Waals surface area contributed by atoms with Crippen molar-refractivity contribution in [2.75, 3.05) is 0 Å². The molecule has 0 saturated carbocycles. The highest BCUT2D eigenvalue weighted by atomic mass is 16.6. The number of benzene rings is 3. The van der Waals surface area contributed by atoms with Crippen molar-refractivity contribution in [3.8, 4) is 5.69 Å². The molecule has 0 radical (unpaired) electrons. The minimum Gasteiger partial charge on any atom is -0.481 e. The smallest absolute Gasteiger partial charge is 0.303 e. The zero-order valence-corrected chi connectivity index (χ0v) is 16.9.